The molecule has 1 atom stereocenters. The number of hydrogen-bond acceptors (Lipinski definition) is 5. The summed E-state index contributed by atoms with van der Waals surface area (Å²) in [7, 11) is 0. The molecule has 0 radical (unpaired) electrons. The third-order valence-electron chi connectivity index (χ3n) is 2.84. The smallest absolute Gasteiger partial charge is 0.342 e. The van der Waals surface area contributed by atoms with Crippen molar-refractivity contribution in [1.29, 1.82) is 0 Å². The molecule has 0 fully saturated rings. The van der Waals surface area contributed by atoms with Crippen molar-refractivity contribution in [2.45, 2.75) is 40.2 Å². The number of aryl methyl sites for hydroxylation is 2. The van der Waals surface area contributed by atoms with Crippen LogP contribution in [0.25, 0.3) is 0 Å². The maximum atomic E-state index is 11.7. The normalized spacial score (nSPS) is 11.6. The fourth-order valence-corrected chi connectivity index (χ4v) is 1.57. The molecule has 0 saturated carbocycles. The lowest BCUT2D eigenvalue weighted by Gasteiger charge is -2.11. The van der Waals surface area contributed by atoms with E-state index in [0.29, 0.717) is 11.5 Å². The zero-order valence-corrected chi connectivity index (χ0v) is 12.6. The van der Waals surface area contributed by atoms with E-state index in [-0.39, 0.29) is 11.6 Å². The Morgan fingerprint density at radius 2 is 2.00 bits per heavy atom. The molecule has 1 aromatic rings. The molecule has 0 spiro atoms. The molecule has 7 heteroatoms. The molecule has 0 aromatic carbocycles. The summed E-state index contributed by atoms with van der Waals surface area (Å²) in [6.07, 6.45) is 0.746. The van der Waals surface area contributed by atoms with Crippen molar-refractivity contribution in [3.8, 4) is 0 Å². The number of hydrogen-bond donors (Lipinski definition) is 2. The maximum absolute atomic E-state index is 11.7. The second kappa shape index (κ2) is 7.47. The zero-order chi connectivity index (χ0) is 16.0. The van der Waals surface area contributed by atoms with Crippen LogP contribution in [-0.2, 0) is 9.53 Å². The number of furan rings is 1. The van der Waals surface area contributed by atoms with Gasteiger partial charge in [0.1, 0.15) is 17.1 Å². The first-order valence-corrected chi connectivity index (χ1v) is 6.68. The Labute approximate surface area is 123 Å². The lowest BCUT2D eigenvalue weighted by Crippen LogP contribution is -2.44. The van der Waals surface area contributed by atoms with Crippen molar-refractivity contribution in [2.24, 2.45) is 0 Å². The Morgan fingerprint density at radius 1 is 1.33 bits per heavy atom. The van der Waals surface area contributed by atoms with Crippen molar-refractivity contribution in [2.75, 3.05) is 6.61 Å². The largest absolute Gasteiger partial charge is 0.466 e. The molecule has 7 nitrogen and oxygen atoms in total. The number of esters is 1. The molecule has 0 aliphatic rings. The standard InChI is InChI=1S/C14H20N2O5/c1-5-8(2)15-14(19)16-12(17)7-20-13(18)11-6-9(3)21-10(11)4/h6,8H,5,7H2,1-4H3,(H2,15,16,17,19)/t8-/m0/s1. The van der Waals surface area contributed by atoms with Crippen LogP contribution in [0.5, 0.6) is 0 Å². The number of rotatable bonds is 5. The van der Waals surface area contributed by atoms with E-state index in [9.17, 15) is 14.4 Å². The van der Waals surface area contributed by atoms with Crippen LogP contribution < -0.4 is 10.6 Å². The highest BCUT2D eigenvalue weighted by atomic mass is 16.5. The van der Waals surface area contributed by atoms with Crippen LogP contribution in [0.4, 0.5) is 4.79 Å². The molecule has 0 unspecified atom stereocenters. The van der Waals surface area contributed by atoms with Crippen LogP contribution in [-0.4, -0.2) is 30.6 Å². The third kappa shape index (κ3) is 5.29. The fourth-order valence-electron chi connectivity index (χ4n) is 1.57. The van der Waals surface area contributed by atoms with Crippen molar-refractivity contribution < 1.29 is 23.5 Å². The minimum absolute atomic E-state index is 0.0445. The van der Waals surface area contributed by atoms with Gasteiger partial charge in [-0.1, -0.05) is 6.92 Å². The molecular weight excluding hydrogens is 276 g/mol. The summed E-state index contributed by atoms with van der Waals surface area (Å²) in [4.78, 5) is 34.6. The molecule has 0 bridgehead atoms. The molecule has 116 valence electrons. The zero-order valence-electron chi connectivity index (χ0n) is 12.6. The predicted molar refractivity (Wildman–Crippen MR) is 74.9 cm³/mol. The first-order valence-electron chi connectivity index (χ1n) is 6.68. The van der Waals surface area contributed by atoms with Crippen molar-refractivity contribution in [3.63, 3.8) is 0 Å². The van der Waals surface area contributed by atoms with E-state index >= 15 is 0 Å². The lowest BCUT2D eigenvalue weighted by molar-refractivity contribution is -0.123. The van der Waals surface area contributed by atoms with E-state index in [1.807, 2.05) is 13.8 Å². The van der Waals surface area contributed by atoms with Gasteiger partial charge >= 0.3 is 12.0 Å². The van der Waals surface area contributed by atoms with E-state index < -0.39 is 24.5 Å². The number of amides is 3. The van der Waals surface area contributed by atoms with Crippen molar-refractivity contribution in [1.82, 2.24) is 10.6 Å². The number of nitrogens with one attached hydrogen (secondary N) is 2. The molecule has 0 saturated heterocycles. The van der Waals surface area contributed by atoms with E-state index in [1.54, 1.807) is 13.8 Å². The van der Waals surface area contributed by atoms with Crippen molar-refractivity contribution >= 4 is 17.9 Å². The Bertz CT molecular complexity index is 535. The predicted octanol–water partition coefficient (Wildman–Crippen LogP) is 1.68. The molecular formula is C14H20N2O5. The minimum atomic E-state index is -0.693. The number of urea groups is 1. The van der Waals surface area contributed by atoms with Crippen LogP contribution in [0.1, 0.15) is 42.1 Å². The summed E-state index contributed by atoms with van der Waals surface area (Å²) < 4.78 is 10.0. The van der Waals surface area contributed by atoms with Gasteiger partial charge in [0.15, 0.2) is 6.61 Å². The van der Waals surface area contributed by atoms with Gasteiger partial charge in [0.2, 0.25) is 0 Å². The minimum Gasteiger partial charge on any atom is -0.466 e. The SMILES string of the molecule is CC[C@H](C)NC(=O)NC(=O)COC(=O)c1cc(C)oc1C. The first-order chi connectivity index (χ1) is 9.83. The van der Waals surface area contributed by atoms with Gasteiger partial charge in [0.25, 0.3) is 5.91 Å². The van der Waals surface area contributed by atoms with Gasteiger partial charge in [-0.2, -0.15) is 0 Å². The van der Waals surface area contributed by atoms with Gasteiger partial charge < -0.3 is 14.5 Å². The van der Waals surface area contributed by atoms with Gasteiger partial charge in [0.05, 0.1) is 0 Å². The maximum Gasteiger partial charge on any atom is 0.342 e. The highest BCUT2D eigenvalue weighted by Gasteiger charge is 2.17. The van der Waals surface area contributed by atoms with Crippen LogP contribution in [0.15, 0.2) is 10.5 Å². The van der Waals surface area contributed by atoms with Crippen molar-refractivity contribution in [3.05, 3.63) is 23.2 Å². The van der Waals surface area contributed by atoms with Crippen LogP contribution in [0.2, 0.25) is 0 Å². The van der Waals surface area contributed by atoms with Gasteiger partial charge in [0, 0.05) is 6.04 Å². The van der Waals surface area contributed by atoms with Gasteiger partial charge in [-0.3, -0.25) is 10.1 Å². The third-order valence-corrected chi connectivity index (χ3v) is 2.84. The first kappa shape index (κ1) is 16.7. The van der Waals surface area contributed by atoms with Crippen LogP contribution in [0.3, 0.4) is 0 Å². The lowest BCUT2D eigenvalue weighted by atomic mass is 10.2. The Kier molecular flexibility index (Phi) is 5.95. The van der Waals surface area contributed by atoms with E-state index in [4.69, 9.17) is 9.15 Å². The van der Waals surface area contributed by atoms with Crippen LogP contribution >= 0.6 is 0 Å². The van der Waals surface area contributed by atoms with Gasteiger partial charge in [-0.25, -0.2) is 9.59 Å². The molecule has 2 N–H and O–H groups in total. The Morgan fingerprint density at radius 3 is 2.52 bits per heavy atom. The summed E-state index contributed by atoms with van der Waals surface area (Å²) in [5.74, 6) is -0.354. The average Bonchev–Trinajstić information content (AvgIpc) is 2.74. The van der Waals surface area contributed by atoms with E-state index in [2.05, 4.69) is 10.6 Å². The molecule has 0 aliphatic heterocycles. The Hall–Kier alpha value is -2.31. The molecule has 0 aliphatic carbocycles. The average molecular weight is 296 g/mol. The quantitative estimate of drug-likeness (QED) is 0.806. The number of ether oxygens (including phenoxy) is 1. The summed E-state index contributed by atoms with van der Waals surface area (Å²) in [6.45, 7) is 6.52. The summed E-state index contributed by atoms with van der Waals surface area (Å²) in [5, 5.41) is 4.65. The monoisotopic (exact) mass is 296 g/mol. The van der Waals surface area contributed by atoms with Gasteiger partial charge in [-0.05, 0) is 33.3 Å². The summed E-state index contributed by atoms with van der Waals surface area (Å²) in [6, 6.07) is 0.878. The van der Waals surface area contributed by atoms with E-state index in [0.717, 1.165) is 6.42 Å². The molecule has 3 amide bonds. The Balaban J connectivity index is 2.41. The molecule has 1 heterocycles. The fraction of sp³-hybridized carbons (Fsp3) is 0.500. The summed E-state index contributed by atoms with van der Waals surface area (Å²) in [5.41, 5.74) is 0.268. The number of imide groups is 1. The number of carbonyl (C=O) groups excluding carboxylic acids is 3. The number of carbonyl (C=O) groups is 3. The second-order valence-corrected chi connectivity index (χ2v) is 4.73. The molecule has 21 heavy (non-hydrogen) atoms. The molecule has 1 aromatic heterocycles. The highest BCUT2D eigenvalue weighted by molar-refractivity contribution is 5.97. The second-order valence-electron chi connectivity index (χ2n) is 4.73. The van der Waals surface area contributed by atoms with Gasteiger partial charge in [-0.15, -0.1) is 0 Å². The molecule has 1 rings (SSSR count). The van der Waals surface area contributed by atoms with E-state index in [1.165, 1.54) is 6.07 Å². The summed E-state index contributed by atoms with van der Waals surface area (Å²) >= 11 is 0. The highest BCUT2D eigenvalue weighted by Crippen LogP contribution is 2.14. The van der Waals surface area contributed by atoms with Crippen LogP contribution in [0, 0.1) is 13.8 Å². The topological polar surface area (TPSA) is 97.6 Å².